The van der Waals surface area contributed by atoms with Crippen molar-refractivity contribution in [2.24, 2.45) is 5.92 Å². The van der Waals surface area contributed by atoms with Gasteiger partial charge in [-0.25, -0.2) is 9.50 Å². The second-order valence-corrected chi connectivity index (χ2v) is 3.56. The van der Waals surface area contributed by atoms with Crippen LogP contribution < -0.4 is 5.32 Å². The molecule has 6 heteroatoms. The van der Waals surface area contributed by atoms with E-state index in [-0.39, 0.29) is 0 Å². The number of hydrogen-bond donors (Lipinski definition) is 2. The zero-order valence-electron chi connectivity index (χ0n) is 8.79. The average molecular weight is 220 g/mol. The van der Waals surface area contributed by atoms with Gasteiger partial charge in [-0.05, 0) is 6.07 Å². The molecule has 2 aromatic heterocycles. The molecule has 0 saturated carbocycles. The minimum absolute atomic E-state index is 0.340. The molecule has 0 radical (unpaired) electrons. The van der Waals surface area contributed by atoms with Crippen molar-refractivity contribution in [3.63, 3.8) is 0 Å². The van der Waals surface area contributed by atoms with Crippen molar-refractivity contribution in [2.75, 3.05) is 11.9 Å². The summed E-state index contributed by atoms with van der Waals surface area (Å²) < 4.78 is 1.68. The second kappa shape index (κ2) is 4.18. The third kappa shape index (κ3) is 1.95. The molecule has 0 aliphatic rings. The molecule has 2 heterocycles. The Bertz CT molecular complexity index is 508. The number of nitrogens with zero attached hydrogens (tertiary/aromatic N) is 3. The number of carbonyl (C=O) groups is 1. The predicted octanol–water partition coefficient (Wildman–Crippen LogP) is 0.862. The standard InChI is InChI=1S/C10H12N4O2/c1-7(10(15)16)6-12-9-8-2-3-13-14(8)5-4-11-9/h2-5,7H,6H2,1H3,(H,11,12)(H,15,16). The highest BCUT2D eigenvalue weighted by Crippen LogP contribution is 2.12. The lowest BCUT2D eigenvalue weighted by Gasteiger charge is -2.09. The van der Waals surface area contributed by atoms with E-state index in [2.05, 4.69) is 15.4 Å². The van der Waals surface area contributed by atoms with Crippen molar-refractivity contribution in [3.05, 3.63) is 24.7 Å². The van der Waals surface area contributed by atoms with Crippen molar-refractivity contribution in [3.8, 4) is 0 Å². The fourth-order valence-corrected chi connectivity index (χ4v) is 1.33. The number of fused-ring (bicyclic) bond motifs is 1. The Hall–Kier alpha value is -2.11. The molecule has 16 heavy (non-hydrogen) atoms. The monoisotopic (exact) mass is 220 g/mol. The minimum Gasteiger partial charge on any atom is -0.481 e. The Kier molecular flexibility index (Phi) is 2.72. The molecular weight excluding hydrogens is 208 g/mol. The Morgan fingerprint density at radius 3 is 3.19 bits per heavy atom. The van der Waals surface area contributed by atoms with Crippen LogP contribution in [0.2, 0.25) is 0 Å². The molecule has 2 aromatic rings. The van der Waals surface area contributed by atoms with E-state index in [1.54, 1.807) is 30.0 Å². The zero-order valence-corrected chi connectivity index (χ0v) is 8.79. The van der Waals surface area contributed by atoms with Gasteiger partial charge in [0.2, 0.25) is 0 Å². The first-order chi connectivity index (χ1) is 7.68. The van der Waals surface area contributed by atoms with E-state index >= 15 is 0 Å². The first-order valence-corrected chi connectivity index (χ1v) is 4.93. The van der Waals surface area contributed by atoms with E-state index in [1.165, 1.54) is 0 Å². The highest BCUT2D eigenvalue weighted by atomic mass is 16.4. The molecule has 0 spiro atoms. The first kappa shape index (κ1) is 10.4. The third-order valence-corrected chi connectivity index (χ3v) is 2.32. The number of hydrogen-bond acceptors (Lipinski definition) is 4. The van der Waals surface area contributed by atoms with Crippen LogP contribution in [-0.4, -0.2) is 32.2 Å². The van der Waals surface area contributed by atoms with Gasteiger partial charge in [-0.2, -0.15) is 5.10 Å². The topological polar surface area (TPSA) is 79.5 Å². The zero-order chi connectivity index (χ0) is 11.5. The van der Waals surface area contributed by atoms with Crippen molar-refractivity contribution in [1.82, 2.24) is 14.6 Å². The molecule has 1 unspecified atom stereocenters. The van der Waals surface area contributed by atoms with Crippen molar-refractivity contribution in [1.29, 1.82) is 0 Å². The summed E-state index contributed by atoms with van der Waals surface area (Å²) in [5.74, 6) is -0.633. The number of aromatic nitrogens is 3. The molecule has 0 aliphatic heterocycles. The maximum absolute atomic E-state index is 10.7. The lowest BCUT2D eigenvalue weighted by atomic mass is 10.2. The molecule has 1 atom stereocenters. The number of nitrogens with one attached hydrogen (secondary N) is 1. The van der Waals surface area contributed by atoms with Crippen LogP contribution in [0, 0.1) is 5.92 Å². The van der Waals surface area contributed by atoms with Crippen LogP contribution in [0.1, 0.15) is 6.92 Å². The normalized spacial score (nSPS) is 12.6. The van der Waals surface area contributed by atoms with Gasteiger partial charge in [0.25, 0.3) is 0 Å². The number of rotatable bonds is 4. The van der Waals surface area contributed by atoms with E-state index in [0.29, 0.717) is 12.4 Å². The summed E-state index contributed by atoms with van der Waals surface area (Å²) in [6, 6.07) is 1.82. The fraction of sp³-hybridized carbons (Fsp3) is 0.300. The maximum atomic E-state index is 10.7. The Morgan fingerprint density at radius 1 is 1.62 bits per heavy atom. The van der Waals surface area contributed by atoms with Crippen LogP contribution in [0.25, 0.3) is 5.52 Å². The molecule has 0 amide bonds. The summed E-state index contributed by atoms with van der Waals surface area (Å²) in [4.78, 5) is 14.8. The lowest BCUT2D eigenvalue weighted by molar-refractivity contribution is -0.140. The number of anilines is 1. The van der Waals surface area contributed by atoms with E-state index in [4.69, 9.17) is 5.11 Å². The van der Waals surface area contributed by atoms with Gasteiger partial charge in [0.15, 0.2) is 5.82 Å². The summed E-state index contributed by atoms with van der Waals surface area (Å²) in [6.07, 6.45) is 5.03. The summed E-state index contributed by atoms with van der Waals surface area (Å²) in [5.41, 5.74) is 0.833. The largest absolute Gasteiger partial charge is 0.481 e. The van der Waals surface area contributed by atoms with Gasteiger partial charge in [0.05, 0.1) is 12.1 Å². The highest BCUT2D eigenvalue weighted by molar-refractivity contribution is 5.71. The summed E-state index contributed by atoms with van der Waals surface area (Å²) in [5, 5.41) is 15.8. The quantitative estimate of drug-likeness (QED) is 0.798. The molecule has 0 bridgehead atoms. The fourth-order valence-electron chi connectivity index (χ4n) is 1.33. The molecule has 0 aliphatic carbocycles. The Balaban J connectivity index is 2.15. The van der Waals surface area contributed by atoms with Crippen LogP contribution in [-0.2, 0) is 4.79 Å². The van der Waals surface area contributed by atoms with Crippen molar-refractivity contribution in [2.45, 2.75) is 6.92 Å². The van der Waals surface area contributed by atoms with Gasteiger partial charge in [-0.1, -0.05) is 6.92 Å². The number of aliphatic carboxylic acids is 1. The van der Waals surface area contributed by atoms with E-state index in [0.717, 1.165) is 5.52 Å². The van der Waals surface area contributed by atoms with Gasteiger partial charge < -0.3 is 10.4 Å². The van der Waals surface area contributed by atoms with Gasteiger partial charge in [-0.15, -0.1) is 0 Å². The Morgan fingerprint density at radius 2 is 2.44 bits per heavy atom. The molecule has 2 rings (SSSR count). The highest BCUT2D eigenvalue weighted by Gasteiger charge is 2.11. The molecule has 0 saturated heterocycles. The number of carboxylic acid groups (broad SMARTS) is 1. The van der Waals surface area contributed by atoms with Gasteiger partial charge >= 0.3 is 5.97 Å². The molecule has 84 valence electrons. The van der Waals surface area contributed by atoms with Crippen LogP contribution in [0.4, 0.5) is 5.82 Å². The van der Waals surface area contributed by atoms with Gasteiger partial charge in [0, 0.05) is 18.9 Å². The van der Waals surface area contributed by atoms with Crippen LogP contribution in [0.15, 0.2) is 24.7 Å². The molecule has 6 nitrogen and oxygen atoms in total. The van der Waals surface area contributed by atoms with E-state index in [1.807, 2.05) is 6.07 Å². The van der Waals surface area contributed by atoms with Gasteiger partial charge in [0.1, 0.15) is 5.52 Å². The van der Waals surface area contributed by atoms with Crippen LogP contribution in [0.5, 0.6) is 0 Å². The lowest BCUT2D eigenvalue weighted by Crippen LogP contribution is -2.20. The first-order valence-electron chi connectivity index (χ1n) is 4.93. The Labute approximate surface area is 91.9 Å². The van der Waals surface area contributed by atoms with Crippen LogP contribution >= 0.6 is 0 Å². The van der Waals surface area contributed by atoms with E-state index < -0.39 is 11.9 Å². The summed E-state index contributed by atoms with van der Waals surface area (Å²) in [7, 11) is 0. The number of carboxylic acids is 1. The molecular formula is C10H12N4O2. The van der Waals surface area contributed by atoms with Crippen LogP contribution in [0.3, 0.4) is 0 Å². The third-order valence-electron chi connectivity index (χ3n) is 2.32. The average Bonchev–Trinajstić information content (AvgIpc) is 2.73. The maximum Gasteiger partial charge on any atom is 0.308 e. The predicted molar refractivity (Wildman–Crippen MR) is 58.3 cm³/mol. The molecule has 2 N–H and O–H groups in total. The smallest absolute Gasteiger partial charge is 0.308 e. The molecule has 0 fully saturated rings. The SMILES string of the molecule is CC(CNc1nccn2nccc12)C(=O)O. The summed E-state index contributed by atoms with van der Waals surface area (Å²) in [6.45, 7) is 1.99. The molecule has 0 aromatic carbocycles. The van der Waals surface area contributed by atoms with Crippen molar-refractivity contribution >= 4 is 17.3 Å². The van der Waals surface area contributed by atoms with Crippen molar-refractivity contribution < 1.29 is 9.90 Å². The summed E-state index contributed by atoms with van der Waals surface area (Å²) >= 11 is 0. The minimum atomic E-state index is -0.826. The second-order valence-electron chi connectivity index (χ2n) is 3.56. The van der Waals surface area contributed by atoms with Gasteiger partial charge in [-0.3, -0.25) is 4.79 Å². The van der Waals surface area contributed by atoms with E-state index in [9.17, 15) is 4.79 Å².